The van der Waals surface area contributed by atoms with E-state index in [0.29, 0.717) is 0 Å². The molecule has 2 heterocycles. The molecule has 2 rings (SSSR count). The Bertz CT molecular complexity index is 811. The normalized spacial score (nSPS) is 11.0. The predicted octanol–water partition coefficient (Wildman–Crippen LogP) is 1.46. The highest BCUT2D eigenvalue weighted by atomic mass is 32.2. The second-order valence-corrected chi connectivity index (χ2v) is 6.46. The third-order valence-corrected chi connectivity index (χ3v) is 4.80. The monoisotopic (exact) mass is 311 g/mol. The number of aromatic nitrogens is 1. The number of aryl methyl sites for hydroxylation is 1. The number of rotatable bonds is 4. The number of thiophene rings is 1. The molecule has 2 aromatic rings. The second-order valence-electron chi connectivity index (χ2n) is 3.86. The molecule has 0 bridgehead atoms. The van der Waals surface area contributed by atoms with Crippen LogP contribution in [0.3, 0.4) is 0 Å². The lowest BCUT2D eigenvalue weighted by Crippen LogP contribution is -2.12. The Morgan fingerprint density at radius 3 is 2.80 bits per heavy atom. The number of hydrogen-bond acceptors (Lipinski definition) is 5. The van der Waals surface area contributed by atoms with Gasteiger partial charge in [0.1, 0.15) is 21.7 Å². The van der Waals surface area contributed by atoms with E-state index in [4.69, 9.17) is 10.4 Å². The number of carboxylic acids is 1. The molecule has 2 N–H and O–H groups in total. The Hall–Kier alpha value is -2.31. The van der Waals surface area contributed by atoms with Crippen molar-refractivity contribution in [3.8, 4) is 6.07 Å². The van der Waals surface area contributed by atoms with E-state index in [0.717, 1.165) is 17.4 Å². The van der Waals surface area contributed by atoms with E-state index in [-0.39, 0.29) is 21.2 Å². The van der Waals surface area contributed by atoms with Crippen molar-refractivity contribution in [1.29, 1.82) is 5.26 Å². The summed E-state index contributed by atoms with van der Waals surface area (Å²) in [5.74, 6) is -1.22. The molecule has 0 radical (unpaired) electrons. The Morgan fingerprint density at radius 2 is 2.25 bits per heavy atom. The van der Waals surface area contributed by atoms with E-state index in [1.165, 1.54) is 23.9 Å². The van der Waals surface area contributed by atoms with Crippen LogP contribution in [0.1, 0.15) is 16.1 Å². The quantitative estimate of drug-likeness (QED) is 0.887. The smallest absolute Gasteiger partial charge is 0.352 e. The highest BCUT2D eigenvalue weighted by Crippen LogP contribution is 2.26. The molecule has 0 aromatic carbocycles. The lowest BCUT2D eigenvalue weighted by Gasteiger charge is -2.03. The lowest BCUT2D eigenvalue weighted by molar-refractivity contribution is 0.0686. The zero-order valence-electron chi connectivity index (χ0n) is 10.2. The maximum Gasteiger partial charge on any atom is 0.352 e. The van der Waals surface area contributed by atoms with Crippen LogP contribution in [0.2, 0.25) is 0 Å². The zero-order chi connectivity index (χ0) is 14.9. The van der Waals surface area contributed by atoms with Gasteiger partial charge in [-0.3, -0.25) is 4.72 Å². The summed E-state index contributed by atoms with van der Waals surface area (Å²) in [6.45, 7) is 0. The molecule has 0 spiro atoms. The number of sulfonamides is 1. The first-order valence-electron chi connectivity index (χ1n) is 5.25. The number of nitriles is 1. The molecule has 104 valence electrons. The lowest BCUT2D eigenvalue weighted by atomic mass is 10.4. The van der Waals surface area contributed by atoms with Crippen LogP contribution in [0.4, 0.5) is 5.00 Å². The number of hydrogen-bond donors (Lipinski definition) is 2. The van der Waals surface area contributed by atoms with Crippen molar-refractivity contribution in [2.75, 3.05) is 4.72 Å². The van der Waals surface area contributed by atoms with Gasteiger partial charge in [-0.25, -0.2) is 13.2 Å². The average molecular weight is 311 g/mol. The van der Waals surface area contributed by atoms with E-state index in [9.17, 15) is 13.2 Å². The first kappa shape index (κ1) is 14.1. The van der Waals surface area contributed by atoms with Crippen molar-refractivity contribution in [2.24, 2.45) is 7.05 Å². The third kappa shape index (κ3) is 2.52. The van der Waals surface area contributed by atoms with Gasteiger partial charge in [-0.1, -0.05) is 0 Å². The van der Waals surface area contributed by atoms with Gasteiger partial charge in [-0.2, -0.15) is 5.26 Å². The molecule has 7 nitrogen and oxygen atoms in total. The Morgan fingerprint density at radius 1 is 1.55 bits per heavy atom. The fourth-order valence-corrected chi connectivity index (χ4v) is 3.69. The van der Waals surface area contributed by atoms with Gasteiger partial charge in [0.25, 0.3) is 10.0 Å². The number of anilines is 1. The van der Waals surface area contributed by atoms with Crippen LogP contribution in [0.5, 0.6) is 0 Å². The molecule has 0 aliphatic rings. The van der Waals surface area contributed by atoms with E-state index >= 15 is 0 Å². The van der Waals surface area contributed by atoms with Gasteiger partial charge in [0.2, 0.25) is 0 Å². The maximum atomic E-state index is 12.1. The van der Waals surface area contributed by atoms with E-state index in [1.807, 2.05) is 6.07 Å². The van der Waals surface area contributed by atoms with Gasteiger partial charge >= 0.3 is 5.97 Å². The average Bonchev–Trinajstić information content (AvgIpc) is 2.95. The highest BCUT2D eigenvalue weighted by molar-refractivity contribution is 7.93. The molecule has 0 atom stereocenters. The standard InChI is InChI=1S/C11H9N3O4S2/c1-14-6-8(4-9(14)11(15)16)20(17,18)13-10-7(5-12)2-3-19-10/h2-4,6,13H,1H3,(H,15,16). The Balaban J connectivity index is 2.39. The van der Waals surface area contributed by atoms with Crippen molar-refractivity contribution in [2.45, 2.75) is 4.90 Å². The molecular weight excluding hydrogens is 302 g/mol. The molecule has 0 aliphatic heterocycles. The molecule has 0 fully saturated rings. The molecule has 0 aliphatic carbocycles. The third-order valence-electron chi connectivity index (χ3n) is 2.52. The topological polar surface area (TPSA) is 112 Å². The van der Waals surface area contributed by atoms with Gasteiger partial charge in [0.05, 0.1) is 5.56 Å². The second kappa shape index (κ2) is 4.99. The van der Waals surface area contributed by atoms with Crippen LogP contribution >= 0.6 is 11.3 Å². The first-order chi connectivity index (χ1) is 9.35. The van der Waals surface area contributed by atoms with Crippen LogP contribution in [0.15, 0.2) is 28.6 Å². The minimum Gasteiger partial charge on any atom is -0.477 e. The van der Waals surface area contributed by atoms with Crippen molar-refractivity contribution in [1.82, 2.24) is 4.57 Å². The van der Waals surface area contributed by atoms with Crippen molar-refractivity contribution in [3.05, 3.63) is 35.0 Å². The maximum absolute atomic E-state index is 12.1. The molecule has 0 saturated carbocycles. The van der Waals surface area contributed by atoms with Gasteiger partial charge < -0.3 is 9.67 Å². The largest absolute Gasteiger partial charge is 0.477 e. The van der Waals surface area contributed by atoms with Gasteiger partial charge in [-0.05, 0) is 17.5 Å². The molecular formula is C11H9N3O4S2. The fourth-order valence-electron chi connectivity index (χ4n) is 1.55. The van der Waals surface area contributed by atoms with E-state index in [1.54, 1.807) is 5.38 Å². The van der Waals surface area contributed by atoms with Crippen LogP contribution in [0, 0.1) is 11.3 Å². The van der Waals surface area contributed by atoms with Gasteiger partial charge in [0.15, 0.2) is 0 Å². The molecule has 9 heteroatoms. The summed E-state index contributed by atoms with van der Waals surface area (Å²) >= 11 is 1.08. The summed E-state index contributed by atoms with van der Waals surface area (Å²) in [7, 11) is -2.49. The summed E-state index contributed by atoms with van der Waals surface area (Å²) in [5, 5.41) is 19.5. The van der Waals surface area contributed by atoms with Gasteiger partial charge in [0, 0.05) is 13.2 Å². The summed E-state index contributed by atoms with van der Waals surface area (Å²) in [6, 6.07) is 4.42. The number of carbonyl (C=O) groups is 1. The van der Waals surface area contributed by atoms with Crippen LogP contribution in [-0.4, -0.2) is 24.1 Å². The Labute approximate surface area is 118 Å². The highest BCUT2D eigenvalue weighted by Gasteiger charge is 2.21. The number of carboxylic acid groups (broad SMARTS) is 1. The SMILES string of the molecule is Cn1cc(S(=O)(=O)Nc2sccc2C#N)cc1C(=O)O. The van der Waals surface area contributed by atoms with Crippen LogP contribution in [-0.2, 0) is 17.1 Å². The zero-order valence-corrected chi connectivity index (χ0v) is 11.8. The predicted molar refractivity (Wildman–Crippen MR) is 72.2 cm³/mol. The molecule has 0 amide bonds. The van der Waals surface area contributed by atoms with Gasteiger partial charge in [-0.15, -0.1) is 11.3 Å². The van der Waals surface area contributed by atoms with Crippen molar-refractivity contribution >= 4 is 32.3 Å². The summed E-state index contributed by atoms with van der Waals surface area (Å²) in [4.78, 5) is 10.7. The molecule has 0 unspecified atom stereocenters. The van der Waals surface area contributed by atoms with Crippen molar-refractivity contribution < 1.29 is 18.3 Å². The molecule has 0 saturated heterocycles. The van der Waals surface area contributed by atoms with Crippen molar-refractivity contribution in [3.63, 3.8) is 0 Å². The Kier molecular flexibility index (Phi) is 3.52. The fraction of sp³-hybridized carbons (Fsp3) is 0.0909. The molecule has 2 aromatic heterocycles. The number of nitrogens with one attached hydrogen (secondary N) is 1. The minimum absolute atomic E-state index is 0.142. The van der Waals surface area contributed by atoms with E-state index in [2.05, 4.69) is 4.72 Å². The van der Waals surface area contributed by atoms with E-state index < -0.39 is 16.0 Å². The van der Waals surface area contributed by atoms with Crippen LogP contribution in [0.25, 0.3) is 0 Å². The summed E-state index contributed by atoms with van der Waals surface area (Å²) < 4.78 is 27.8. The minimum atomic E-state index is -3.93. The first-order valence-corrected chi connectivity index (χ1v) is 7.61. The summed E-state index contributed by atoms with van der Waals surface area (Å²) in [6.07, 6.45) is 1.20. The molecule has 20 heavy (non-hydrogen) atoms. The van der Waals surface area contributed by atoms with Crippen LogP contribution < -0.4 is 4.72 Å². The number of aromatic carboxylic acids is 1. The number of nitrogens with zero attached hydrogens (tertiary/aromatic N) is 2. The summed E-state index contributed by atoms with van der Waals surface area (Å²) in [5.41, 5.74) is 0.0741.